The van der Waals surface area contributed by atoms with Crippen molar-refractivity contribution >= 4 is 44.4 Å². The Morgan fingerprint density at radius 2 is 1.72 bits per heavy atom. The number of sulfonamides is 1. The number of aromatic nitrogens is 1. The Kier molecular flexibility index (Phi) is 12.2. The van der Waals surface area contributed by atoms with Gasteiger partial charge < -0.3 is 23.8 Å². The van der Waals surface area contributed by atoms with Crippen molar-refractivity contribution in [3.63, 3.8) is 0 Å². The molecule has 3 heterocycles. The summed E-state index contributed by atoms with van der Waals surface area (Å²) >= 11 is 0. The van der Waals surface area contributed by atoms with Gasteiger partial charge in [-0.3, -0.25) is 23.9 Å². The molecule has 0 unspecified atom stereocenters. The molecule has 2 aromatic rings. The number of carbonyl (C=O) groups is 4. The summed E-state index contributed by atoms with van der Waals surface area (Å²) in [5, 5.41) is 0.586. The first kappa shape index (κ1) is 43.2. The molecule has 0 spiro atoms. The topological polar surface area (TPSA) is 167 Å². The summed E-state index contributed by atoms with van der Waals surface area (Å²) in [6.07, 6.45) is 1.27. The van der Waals surface area contributed by atoms with Gasteiger partial charge in [0.15, 0.2) is 17.3 Å². The molecule has 1 aromatic carbocycles. The molecule has 2 amide bonds. The van der Waals surface area contributed by atoms with E-state index in [-0.39, 0.29) is 37.6 Å². The quantitative estimate of drug-likeness (QED) is 0.218. The maximum Gasteiger partial charge on any atom is 0.427 e. The number of ketones is 1. The summed E-state index contributed by atoms with van der Waals surface area (Å²) in [5.74, 6) is -4.18. The summed E-state index contributed by atoms with van der Waals surface area (Å²) in [6, 6.07) is 4.00. The summed E-state index contributed by atoms with van der Waals surface area (Å²) in [6.45, 7) is 5.05. The van der Waals surface area contributed by atoms with Gasteiger partial charge in [0.05, 0.1) is 49.8 Å². The van der Waals surface area contributed by atoms with E-state index in [1.807, 2.05) is 19.1 Å². The lowest BCUT2D eigenvalue weighted by Crippen LogP contribution is -2.48. The fourth-order valence-corrected chi connectivity index (χ4v) is 9.66. The Hall–Kier alpha value is -4.41. The van der Waals surface area contributed by atoms with E-state index in [1.165, 1.54) is 25.3 Å². The van der Waals surface area contributed by atoms with Gasteiger partial charge in [-0.15, -0.1) is 0 Å². The number of amides is 2. The molecule has 2 saturated carbocycles. The Morgan fingerprint density at radius 1 is 1.03 bits per heavy atom. The minimum atomic E-state index is -4.87. The summed E-state index contributed by atoms with van der Waals surface area (Å²) in [5.41, 5.74) is -4.19. The number of ether oxygens (including phenoxy) is 4. The number of benzene rings is 1. The van der Waals surface area contributed by atoms with Crippen LogP contribution in [0.5, 0.6) is 17.4 Å². The van der Waals surface area contributed by atoms with Crippen LogP contribution in [-0.2, 0) is 33.9 Å². The number of esters is 1. The lowest BCUT2D eigenvalue weighted by atomic mass is 9.82. The number of rotatable bonds is 10. The van der Waals surface area contributed by atoms with Crippen LogP contribution in [0.15, 0.2) is 36.5 Å². The maximum atomic E-state index is 14.8. The van der Waals surface area contributed by atoms with Gasteiger partial charge in [-0.1, -0.05) is 26.0 Å². The van der Waals surface area contributed by atoms with Crippen LogP contribution < -0.4 is 18.9 Å². The van der Waals surface area contributed by atoms with Crippen LogP contribution in [0.25, 0.3) is 10.8 Å². The summed E-state index contributed by atoms with van der Waals surface area (Å²) < 4.78 is 91.6. The molecular weight excluding hydrogens is 784 g/mol. The number of pyridine rings is 1. The van der Waals surface area contributed by atoms with Crippen molar-refractivity contribution in [2.24, 2.45) is 29.1 Å². The molecule has 2 aliphatic heterocycles. The van der Waals surface area contributed by atoms with Crippen molar-refractivity contribution in [2.45, 2.75) is 115 Å². The van der Waals surface area contributed by atoms with E-state index >= 15 is 0 Å². The van der Waals surface area contributed by atoms with E-state index in [0.717, 1.165) is 13.8 Å². The minimum absolute atomic E-state index is 0.0128. The maximum absolute atomic E-state index is 14.8. The molecule has 13 nitrogen and oxygen atoms in total. The number of alkyl halides is 3. The van der Waals surface area contributed by atoms with Gasteiger partial charge in [0.2, 0.25) is 33.3 Å². The third-order valence-corrected chi connectivity index (χ3v) is 13.9. The molecule has 3 fully saturated rings. The van der Waals surface area contributed by atoms with Gasteiger partial charge in [0, 0.05) is 24.4 Å². The van der Waals surface area contributed by atoms with Crippen LogP contribution in [0.4, 0.5) is 13.2 Å². The molecule has 1 saturated heterocycles. The molecule has 6 rings (SSSR count). The van der Waals surface area contributed by atoms with Gasteiger partial charge in [-0.25, -0.2) is 13.4 Å². The van der Waals surface area contributed by atoms with E-state index in [1.54, 1.807) is 25.1 Å². The second kappa shape index (κ2) is 16.3. The number of hydrogen-bond donors (Lipinski definition) is 1. The number of methoxy groups -OCH3 is 2. The molecule has 7 atom stereocenters. The zero-order valence-corrected chi connectivity index (χ0v) is 34.4. The summed E-state index contributed by atoms with van der Waals surface area (Å²) in [7, 11) is -0.960. The molecule has 1 N–H and O–H groups in total. The lowest BCUT2D eigenvalue weighted by molar-refractivity contribution is -0.257. The van der Waals surface area contributed by atoms with E-state index < -0.39 is 92.4 Å². The number of Topliss-reactive ketones (excluding diaryl/α,β-unsaturated/α-hetero) is 1. The molecule has 4 aliphatic rings. The number of nitrogens with zero attached hydrogens (tertiary/aromatic N) is 2. The molecule has 0 bridgehead atoms. The number of carbonyl (C=O) groups excluding carboxylic acids is 4. The van der Waals surface area contributed by atoms with Crippen LogP contribution >= 0.6 is 0 Å². The molecule has 1 aromatic heterocycles. The predicted octanol–water partition coefficient (Wildman–Crippen LogP) is 6.08. The Morgan fingerprint density at radius 3 is 2.38 bits per heavy atom. The van der Waals surface area contributed by atoms with Crippen molar-refractivity contribution in [3.05, 3.63) is 36.5 Å². The zero-order valence-electron chi connectivity index (χ0n) is 33.6. The number of halogens is 3. The van der Waals surface area contributed by atoms with E-state index in [0.29, 0.717) is 54.4 Å². The number of fused-ring (bicyclic) bond motifs is 3. The number of nitrogens with one attached hydrogen (secondary N) is 1. The fraction of sp³-hybridized carbons (Fsp3) is 0.634. The highest BCUT2D eigenvalue weighted by molar-refractivity contribution is 7.90. The molecule has 58 heavy (non-hydrogen) atoms. The Bertz CT molecular complexity index is 2070. The van der Waals surface area contributed by atoms with Crippen molar-refractivity contribution in [3.8, 4) is 17.4 Å². The second-order valence-electron chi connectivity index (χ2n) is 16.9. The highest BCUT2D eigenvalue weighted by atomic mass is 32.2. The van der Waals surface area contributed by atoms with Crippen LogP contribution in [-0.4, -0.2) is 91.8 Å². The number of allylic oxidation sites excluding steroid dienone is 2. The first-order valence-corrected chi connectivity index (χ1v) is 21.3. The SMILES string of the molecule is COc1cc2ccnc(O[C@@H]3C[C@H]4C(=O)C[C@]5(C(=O)NS(=O)(=O)C6CC6)C[C@H]5/C=C\CC[C@H](C)C[C@@H](C)[C@H](CC(=O)OC(C)(C)C(F)(F)F)C(=O)N4C3)c2cc1OC. The van der Waals surface area contributed by atoms with Crippen molar-refractivity contribution in [1.29, 1.82) is 0 Å². The summed E-state index contributed by atoms with van der Waals surface area (Å²) in [4.78, 5) is 62.3. The van der Waals surface area contributed by atoms with Crippen molar-refractivity contribution in [1.82, 2.24) is 14.6 Å². The normalized spacial score (nSPS) is 29.0. The van der Waals surface area contributed by atoms with Crippen molar-refractivity contribution in [2.75, 3.05) is 20.8 Å². The van der Waals surface area contributed by atoms with E-state index in [4.69, 9.17) is 18.9 Å². The number of hydrogen-bond acceptors (Lipinski definition) is 11. The Balaban J connectivity index is 1.36. The van der Waals surface area contributed by atoms with E-state index in [9.17, 15) is 40.8 Å². The monoisotopic (exact) mass is 835 g/mol. The van der Waals surface area contributed by atoms with Gasteiger partial charge in [0.25, 0.3) is 0 Å². The smallest absolute Gasteiger partial charge is 0.427 e. The highest BCUT2D eigenvalue weighted by Crippen LogP contribution is 2.57. The third kappa shape index (κ3) is 9.08. The lowest BCUT2D eigenvalue weighted by Gasteiger charge is -2.33. The first-order valence-electron chi connectivity index (χ1n) is 19.7. The highest BCUT2D eigenvalue weighted by Gasteiger charge is 2.62. The van der Waals surface area contributed by atoms with Gasteiger partial charge >= 0.3 is 12.1 Å². The van der Waals surface area contributed by atoms with Crippen LogP contribution in [0.1, 0.15) is 85.5 Å². The molecule has 0 radical (unpaired) electrons. The second-order valence-corrected chi connectivity index (χ2v) is 18.9. The van der Waals surface area contributed by atoms with E-state index in [2.05, 4.69) is 9.71 Å². The standard InChI is InChI=1S/C41H52F3N3O10S/c1-23-9-7-8-10-26-20-40(26,38(51)46-58(52,53)28-11-12-28)21-32(48)31-17-27(56-36-30-18-34(55-6)33(54-5)16-25(30)13-14-45-36)22-47(31)37(50)29(24(2)15-23)19-35(49)57-39(3,4)41(42,43)44/h8,10,13-14,16,18,23-24,26-29,31H,7,9,11-12,15,17,19-22H2,1-6H3,(H,46,51)/b10-8-/t23-,24+,26+,27+,29-,31-,40+/m0/s1. The van der Waals surface area contributed by atoms with Gasteiger partial charge in [-0.05, 0) is 93.7 Å². The molecule has 17 heteroatoms. The molecule has 318 valence electrons. The largest absolute Gasteiger partial charge is 0.493 e. The van der Waals surface area contributed by atoms with Crippen LogP contribution in [0.3, 0.4) is 0 Å². The molecular formula is C41H52F3N3O10S. The fourth-order valence-electron chi connectivity index (χ4n) is 8.27. The van der Waals surface area contributed by atoms with Gasteiger partial charge in [0.1, 0.15) is 6.10 Å². The third-order valence-electron chi connectivity index (χ3n) is 12.1. The van der Waals surface area contributed by atoms with Crippen LogP contribution in [0, 0.1) is 29.1 Å². The zero-order chi connectivity index (χ0) is 42.4. The van der Waals surface area contributed by atoms with Crippen LogP contribution in [0.2, 0.25) is 0 Å². The van der Waals surface area contributed by atoms with Gasteiger partial charge in [-0.2, -0.15) is 13.2 Å². The molecule has 2 aliphatic carbocycles. The average Bonchev–Trinajstić information content (AvgIpc) is 4.07. The first-order chi connectivity index (χ1) is 27.2. The average molecular weight is 836 g/mol. The van der Waals surface area contributed by atoms with Crippen molar-refractivity contribution < 1.29 is 59.7 Å². The predicted molar refractivity (Wildman–Crippen MR) is 205 cm³/mol. The minimum Gasteiger partial charge on any atom is -0.493 e. The Labute approximate surface area is 336 Å².